The Morgan fingerprint density at radius 2 is 1.90 bits per heavy atom. The minimum absolute atomic E-state index is 0.169. The monoisotopic (exact) mass is 301 g/mol. The zero-order valence-electron chi connectivity index (χ0n) is 10.7. The first kappa shape index (κ1) is 14.4. The molecule has 108 valence electrons. The predicted octanol–water partition coefficient (Wildman–Crippen LogP) is 1.74. The number of aryl methyl sites for hydroxylation is 1. The number of halogens is 2. The summed E-state index contributed by atoms with van der Waals surface area (Å²) in [5, 5.41) is 3.92. The molecule has 0 bridgehead atoms. The summed E-state index contributed by atoms with van der Waals surface area (Å²) in [7, 11) is -4.15. The van der Waals surface area contributed by atoms with Gasteiger partial charge < -0.3 is 5.73 Å². The third-order valence-electron chi connectivity index (χ3n) is 2.70. The van der Waals surface area contributed by atoms with Gasteiger partial charge in [0.2, 0.25) is 0 Å². The molecule has 0 amide bonds. The van der Waals surface area contributed by atoms with Crippen molar-refractivity contribution in [2.45, 2.75) is 24.1 Å². The molecule has 1 aromatic heterocycles. The molecule has 0 aliphatic carbocycles. The lowest BCUT2D eigenvalue weighted by Crippen LogP contribution is -2.10. The van der Waals surface area contributed by atoms with Crippen LogP contribution in [-0.2, 0) is 22.1 Å². The van der Waals surface area contributed by atoms with E-state index < -0.39 is 32.1 Å². The Balaban J connectivity index is 2.40. The molecule has 2 N–H and O–H groups in total. The third kappa shape index (κ3) is 2.79. The maximum Gasteiger partial charge on any atom is 0.188 e. The number of aromatic nitrogens is 2. The lowest BCUT2D eigenvalue weighted by molar-refractivity contribution is 0.520. The van der Waals surface area contributed by atoms with Gasteiger partial charge in [-0.1, -0.05) is 0 Å². The largest absolute Gasteiger partial charge is 0.399 e. The molecule has 8 heteroatoms. The molecule has 2 aromatic rings. The van der Waals surface area contributed by atoms with Gasteiger partial charge in [-0.25, -0.2) is 17.2 Å². The van der Waals surface area contributed by atoms with Crippen molar-refractivity contribution in [3.05, 3.63) is 41.7 Å². The Bertz CT molecular complexity index is 718. The fraction of sp³-hybridized carbons (Fsp3) is 0.250. The quantitative estimate of drug-likeness (QED) is 0.873. The molecule has 0 saturated heterocycles. The summed E-state index contributed by atoms with van der Waals surface area (Å²) in [4.78, 5) is -0.962. The Kier molecular flexibility index (Phi) is 3.76. The second kappa shape index (κ2) is 5.20. The average molecular weight is 301 g/mol. The molecule has 0 aliphatic heterocycles. The van der Waals surface area contributed by atoms with Gasteiger partial charge in [-0.2, -0.15) is 5.10 Å². The molecule has 0 spiro atoms. The molecule has 5 nitrogen and oxygen atoms in total. The number of sulfone groups is 1. The van der Waals surface area contributed by atoms with Crippen LogP contribution in [0.4, 0.5) is 14.5 Å². The summed E-state index contributed by atoms with van der Waals surface area (Å²) in [6.45, 7) is 2.41. The fourth-order valence-electron chi connectivity index (χ4n) is 1.82. The molecule has 0 saturated carbocycles. The molecule has 1 aromatic carbocycles. The predicted molar refractivity (Wildman–Crippen MR) is 69.6 cm³/mol. The minimum Gasteiger partial charge on any atom is -0.399 e. The van der Waals surface area contributed by atoms with Crippen LogP contribution in [0.3, 0.4) is 0 Å². The van der Waals surface area contributed by atoms with Crippen molar-refractivity contribution in [3.8, 4) is 0 Å². The average Bonchev–Trinajstić information content (AvgIpc) is 2.73. The van der Waals surface area contributed by atoms with Crippen molar-refractivity contribution in [2.75, 3.05) is 5.73 Å². The summed E-state index contributed by atoms with van der Waals surface area (Å²) < 4.78 is 53.0. The van der Waals surface area contributed by atoms with E-state index in [0.29, 0.717) is 12.1 Å². The zero-order valence-corrected chi connectivity index (χ0v) is 11.5. The summed E-state index contributed by atoms with van der Waals surface area (Å²) in [6, 6.07) is 1.57. The van der Waals surface area contributed by atoms with Gasteiger partial charge in [0.1, 0.15) is 16.5 Å². The van der Waals surface area contributed by atoms with E-state index in [2.05, 4.69) is 5.10 Å². The van der Waals surface area contributed by atoms with E-state index in [1.54, 1.807) is 0 Å². The Hall–Kier alpha value is -1.96. The van der Waals surface area contributed by atoms with Gasteiger partial charge in [-0.05, 0) is 19.1 Å². The van der Waals surface area contributed by atoms with Gasteiger partial charge >= 0.3 is 0 Å². The van der Waals surface area contributed by atoms with Crippen LogP contribution in [0.15, 0.2) is 29.4 Å². The highest BCUT2D eigenvalue weighted by Crippen LogP contribution is 2.25. The maximum atomic E-state index is 13.7. The van der Waals surface area contributed by atoms with Crippen molar-refractivity contribution in [3.63, 3.8) is 0 Å². The van der Waals surface area contributed by atoms with E-state index in [1.807, 2.05) is 6.92 Å². The zero-order chi connectivity index (χ0) is 14.9. The summed E-state index contributed by atoms with van der Waals surface area (Å²) in [5.41, 5.74) is 5.45. The van der Waals surface area contributed by atoms with Gasteiger partial charge in [0.15, 0.2) is 9.84 Å². The Labute approximate surface area is 114 Å². The van der Waals surface area contributed by atoms with E-state index in [9.17, 15) is 17.2 Å². The summed E-state index contributed by atoms with van der Waals surface area (Å²) >= 11 is 0. The van der Waals surface area contributed by atoms with Crippen LogP contribution in [0.1, 0.15) is 12.5 Å². The van der Waals surface area contributed by atoms with Gasteiger partial charge in [0.05, 0.1) is 11.9 Å². The second-order valence-electron chi connectivity index (χ2n) is 4.28. The first-order chi connectivity index (χ1) is 9.33. The van der Waals surface area contributed by atoms with Crippen LogP contribution in [0.25, 0.3) is 0 Å². The van der Waals surface area contributed by atoms with E-state index in [0.717, 1.165) is 12.1 Å². The van der Waals surface area contributed by atoms with Gasteiger partial charge in [0, 0.05) is 24.0 Å². The summed E-state index contributed by atoms with van der Waals surface area (Å²) in [5.74, 6) is -2.90. The van der Waals surface area contributed by atoms with E-state index in [1.165, 1.54) is 17.1 Å². The number of nitrogen functional groups attached to an aromatic ring is 1. The molecule has 20 heavy (non-hydrogen) atoms. The van der Waals surface area contributed by atoms with Crippen LogP contribution in [0, 0.1) is 11.6 Å². The third-order valence-corrected chi connectivity index (χ3v) is 4.42. The number of hydrogen-bond donors (Lipinski definition) is 1. The van der Waals surface area contributed by atoms with Crippen molar-refractivity contribution in [1.82, 2.24) is 9.78 Å². The van der Waals surface area contributed by atoms with E-state index in [-0.39, 0.29) is 5.69 Å². The number of rotatable bonds is 4. The van der Waals surface area contributed by atoms with Crippen molar-refractivity contribution in [1.29, 1.82) is 0 Å². The molecule has 0 fully saturated rings. The number of benzene rings is 1. The smallest absolute Gasteiger partial charge is 0.188 e. The highest BCUT2D eigenvalue weighted by molar-refractivity contribution is 7.90. The molecular formula is C12H13F2N3O2S. The molecule has 2 rings (SSSR count). The van der Waals surface area contributed by atoms with Crippen LogP contribution in [0.5, 0.6) is 0 Å². The first-order valence-corrected chi connectivity index (χ1v) is 7.47. The van der Waals surface area contributed by atoms with Crippen molar-refractivity contribution in [2.24, 2.45) is 0 Å². The maximum absolute atomic E-state index is 13.7. The summed E-state index contributed by atoms with van der Waals surface area (Å²) in [6.07, 6.45) is 2.87. The molecule has 1 heterocycles. The molecule has 0 radical (unpaired) electrons. The first-order valence-electron chi connectivity index (χ1n) is 5.82. The minimum atomic E-state index is -4.15. The fourth-order valence-corrected chi connectivity index (χ4v) is 3.27. The topological polar surface area (TPSA) is 78.0 Å². The number of hydrogen-bond acceptors (Lipinski definition) is 4. The molecule has 0 aliphatic rings. The standard InChI is InChI=1S/C12H13F2N3O2S/c1-2-17-6-8(5-16-17)7-20(18,19)12-10(13)3-9(15)4-11(12)14/h3-6H,2,7,15H2,1H3. The SMILES string of the molecule is CCn1cc(CS(=O)(=O)c2c(F)cc(N)cc2F)cn1. The van der Waals surface area contributed by atoms with Gasteiger partial charge in [-0.3, -0.25) is 4.68 Å². The Morgan fingerprint density at radius 3 is 2.40 bits per heavy atom. The van der Waals surface area contributed by atoms with Crippen LogP contribution in [0.2, 0.25) is 0 Å². The van der Waals surface area contributed by atoms with E-state index in [4.69, 9.17) is 5.73 Å². The Morgan fingerprint density at radius 1 is 1.30 bits per heavy atom. The molecule has 0 unspecified atom stereocenters. The highest BCUT2D eigenvalue weighted by Gasteiger charge is 2.25. The normalized spacial score (nSPS) is 11.8. The van der Waals surface area contributed by atoms with E-state index >= 15 is 0 Å². The lowest BCUT2D eigenvalue weighted by Gasteiger charge is -2.07. The number of nitrogens with zero attached hydrogens (tertiary/aromatic N) is 2. The van der Waals surface area contributed by atoms with Crippen molar-refractivity contribution >= 4 is 15.5 Å². The van der Waals surface area contributed by atoms with Crippen LogP contribution >= 0.6 is 0 Å². The lowest BCUT2D eigenvalue weighted by atomic mass is 10.3. The van der Waals surface area contributed by atoms with Gasteiger partial charge in [-0.15, -0.1) is 0 Å². The van der Waals surface area contributed by atoms with Gasteiger partial charge in [0.25, 0.3) is 0 Å². The molecule has 0 atom stereocenters. The van der Waals surface area contributed by atoms with Crippen LogP contribution < -0.4 is 5.73 Å². The number of nitrogens with two attached hydrogens (primary N) is 1. The highest BCUT2D eigenvalue weighted by atomic mass is 32.2. The van der Waals surface area contributed by atoms with Crippen LogP contribution in [-0.4, -0.2) is 18.2 Å². The molecular weight excluding hydrogens is 288 g/mol. The van der Waals surface area contributed by atoms with Crippen molar-refractivity contribution < 1.29 is 17.2 Å². The second-order valence-corrected chi connectivity index (χ2v) is 6.20. The number of anilines is 1.